The highest BCUT2D eigenvalue weighted by Gasteiger charge is 2.15. The molecule has 1 aromatic rings. The summed E-state index contributed by atoms with van der Waals surface area (Å²) < 4.78 is 0. The molecule has 1 aliphatic heterocycles. The predicted octanol–water partition coefficient (Wildman–Crippen LogP) is 2.10. The Balaban J connectivity index is 2.14. The number of benzene rings is 1. The summed E-state index contributed by atoms with van der Waals surface area (Å²) in [6, 6.07) is 10.8. The van der Waals surface area contributed by atoms with Gasteiger partial charge in [0.2, 0.25) is 0 Å². The number of hydrogen-bond donors (Lipinski definition) is 1. The zero-order valence-electron chi connectivity index (χ0n) is 7.12. The molecule has 2 rings (SSSR count). The van der Waals surface area contributed by atoms with Crippen molar-refractivity contribution in [3.05, 3.63) is 35.9 Å². The SMILES string of the molecule is CC1=NNC(c2ccccc2)C1. The molecular formula is C10H12N2. The Morgan fingerprint density at radius 1 is 1.33 bits per heavy atom. The van der Waals surface area contributed by atoms with Gasteiger partial charge >= 0.3 is 0 Å². The molecule has 0 aromatic heterocycles. The van der Waals surface area contributed by atoms with Crippen LogP contribution in [0.25, 0.3) is 0 Å². The fourth-order valence-corrected chi connectivity index (χ4v) is 1.45. The molecule has 0 aliphatic carbocycles. The Morgan fingerprint density at radius 3 is 2.67 bits per heavy atom. The molecule has 0 saturated heterocycles. The molecule has 12 heavy (non-hydrogen) atoms. The number of hydrogen-bond acceptors (Lipinski definition) is 2. The van der Waals surface area contributed by atoms with Gasteiger partial charge in [-0.2, -0.15) is 5.10 Å². The zero-order chi connectivity index (χ0) is 8.39. The Morgan fingerprint density at radius 2 is 2.08 bits per heavy atom. The van der Waals surface area contributed by atoms with Gasteiger partial charge in [0.1, 0.15) is 0 Å². The monoisotopic (exact) mass is 160 g/mol. The normalized spacial score (nSPS) is 21.8. The van der Waals surface area contributed by atoms with Gasteiger partial charge < -0.3 is 5.43 Å². The summed E-state index contributed by atoms with van der Waals surface area (Å²) >= 11 is 0. The van der Waals surface area contributed by atoms with Gasteiger partial charge in [0.25, 0.3) is 0 Å². The molecule has 62 valence electrons. The Hall–Kier alpha value is -1.31. The first-order valence-corrected chi connectivity index (χ1v) is 4.20. The lowest BCUT2D eigenvalue weighted by Crippen LogP contribution is -2.09. The van der Waals surface area contributed by atoms with E-state index in [0.29, 0.717) is 6.04 Å². The highest BCUT2D eigenvalue weighted by atomic mass is 15.3. The van der Waals surface area contributed by atoms with E-state index in [1.165, 1.54) is 11.3 Å². The first kappa shape index (κ1) is 7.35. The van der Waals surface area contributed by atoms with Gasteiger partial charge in [-0.3, -0.25) is 0 Å². The number of nitrogens with one attached hydrogen (secondary N) is 1. The number of nitrogens with zero attached hydrogens (tertiary/aromatic N) is 1. The minimum atomic E-state index is 0.395. The Kier molecular flexibility index (Phi) is 1.82. The van der Waals surface area contributed by atoms with Crippen LogP contribution in [0.2, 0.25) is 0 Å². The lowest BCUT2D eigenvalue weighted by Gasteiger charge is -2.08. The molecule has 0 spiro atoms. The van der Waals surface area contributed by atoms with Crippen LogP contribution in [0.15, 0.2) is 35.4 Å². The molecule has 2 nitrogen and oxygen atoms in total. The van der Waals surface area contributed by atoms with E-state index in [1.807, 2.05) is 6.07 Å². The maximum atomic E-state index is 4.16. The van der Waals surface area contributed by atoms with E-state index in [2.05, 4.69) is 41.7 Å². The molecule has 1 unspecified atom stereocenters. The second-order valence-electron chi connectivity index (χ2n) is 3.14. The van der Waals surface area contributed by atoms with E-state index in [9.17, 15) is 0 Å². The first-order chi connectivity index (χ1) is 5.86. The van der Waals surface area contributed by atoms with E-state index >= 15 is 0 Å². The van der Waals surface area contributed by atoms with Crippen molar-refractivity contribution in [1.29, 1.82) is 0 Å². The highest BCUT2D eigenvalue weighted by molar-refractivity contribution is 5.83. The fraction of sp³-hybridized carbons (Fsp3) is 0.300. The Bertz CT molecular complexity index is 290. The summed E-state index contributed by atoms with van der Waals surface area (Å²) in [4.78, 5) is 0. The van der Waals surface area contributed by atoms with Crippen LogP contribution in [0.3, 0.4) is 0 Å². The molecular weight excluding hydrogens is 148 g/mol. The lowest BCUT2D eigenvalue weighted by atomic mass is 10.0. The topological polar surface area (TPSA) is 24.4 Å². The van der Waals surface area contributed by atoms with Crippen LogP contribution in [0, 0.1) is 0 Å². The smallest absolute Gasteiger partial charge is 0.0742 e. The van der Waals surface area contributed by atoms with Crippen molar-refractivity contribution in [2.24, 2.45) is 5.10 Å². The van der Waals surface area contributed by atoms with Crippen molar-refractivity contribution in [2.45, 2.75) is 19.4 Å². The largest absolute Gasteiger partial charge is 0.302 e. The fourth-order valence-electron chi connectivity index (χ4n) is 1.45. The van der Waals surface area contributed by atoms with Crippen molar-refractivity contribution in [3.8, 4) is 0 Å². The third-order valence-corrected chi connectivity index (χ3v) is 2.11. The average Bonchev–Trinajstić information content (AvgIpc) is 2.54. The second-order valence-corrected chi connectivity index (χ2v) is 3.14. The van der Waals surface area contributed by atoms with Gasteiger partial charge in [0, 0.05) is 12.1 Å². The van der Waals surface area contributed by atoms with E-state index in [1.54, 1.807) is 0 Å². The van der Waals surface area contributed by atoms with Gasteiger partial charge in [-0.05, 0) is 12.5 Å². The molecule has 1 aliphatic rings. The molecule has 0 bridgehead atoms. The quantitative estimate of drug-likeness (QED) is 0.668. The molecule has 1 atom stereocenters. The third kappa shape index (κ3) is 1.33. The molecule has 1 N–H and O–H groups in total. The highest BCUT2D eigenvalue weighted by Crippen LogP contribution is 2.20. The van der Waals surface area contributed by atoms with Gasteiger partial charge in [0.15, 0.2) is 0 Å². The molecule has 0 radical (unpaired) electrons. The molecule has 0 saturated carbocycles. The summed E-state index contributed by atoms with van der Waals surface area (Å²) in [7, 11) is 0. The summed E-state index contributed by atoms with van der Waals surface area (Å²) in [6.45, 7) is 2.05. The van der Waals surface area contributed by atoms with Crippen LogP contribution in [0.4, 0.5) is 0 Å². The van der Waals surface area contributed by atoms with Crippen molar-refractivity contribution in [1.82, 2.24) is 5.43 Å². The second kappa shape index (κ2) is 2.97. The van der Waals surface area contributed by atoms with Gasteiger partial charge in [-0.1, -0.05) is 30.3 Å². The molecule has 1 aromatic carbocycles. The predicted molar refractivity (Wildman–Crippen MR) is 50.0 cm³/mol. The number of hydrazone groups is 1. The Labute approximate surface area is 72.3 Å². The van der Waals surface area contributed by atoms with E-state index in [-0.39, 0.29) is 0 Å². The average molecular weight is 160 g/mol. The maximum Gasteiger partial charge on any atom is 0.0742 e. The van der Waals surface area contributed by atoms with Crippen LogP contribution >= 0.6 is 0 Å². The number of rotatable bonds is 1. The summed E-state index contributed by atoms with van der Waals surface area (Å²) in [5.41, 5.74) is 5.61. The minimum absolute atomic E-state index is 0.395. The van der Waals surface area contributed by atoms with Crippen LogP contribution in [-0.4, -0.2) is 5.71 Å². The van der Waals surface area contributed by atoms with Crippen molar-refractivity contribution >= 4 is 5.71 Å². The zero-order valence-corrected chi connectivity index (χ0v) is 7.12. The van der Waals surface area contributed by atoms with Gasteiger partial charge in [0.05, 0.1) is 6.04 Å². The van der Waals surface area contributed by atoms with Gasteiger partial charge in [-0.25, -0.2) is 0 Å². The summed E-state index contributed by atoms with van der Waals surface area (Å²) in [6.07, 6.45) is 1.03. The van der Waals surface area contributed by atoms with Crippen LogP contribution in [-0.2, 0) is 0 Å². The molecule has 1 heterocycles. The van der Waals surface area contributed by atoms with Crippen LogP contribution < -0.4 is 5.43 Å². The standard InChI is InChI=1S/C10H12N2/c1-8-7-10(12-11-8)9-5-3-2-4-6-9/h2-6,10,12H,7H2,1H3. The van der Waals surface area contributed by atoms with Crippen molar-refractivity contribution in [3.63, 3.8) is 0 Å². The minimum Gasteiger partial charge on any atom is -0.302 e. The van der Waals surface area contributed by atoms with E-state index in [4.69, 9.17) is 0 Å². The van der Waals surface area contributed by atoms with E-state index < -0.39 is 0 Å². The molecule has 0 fully saturated rings. The molecule has 2 heteroatoms. The van der Waals surface area contributed by atoms with Crippen molar-refractivity contribution < 1.29 is 0 Å². The summed E-state index contributed by atoms with van der Waals surface area (Å²) in [5, 5.41) is 4.16. The van der Waals surface area contributed by atoms with E-state index in [0.717, 1.165) is 6.42 Å². The summed E-state index contributed by atoms with van der Waals surface area (Å²) in [5.74, 6) is 0. The lowest BCUT2D eigenvalue weighted by molar-refractivity contribution is 0.620. The maximum absolute atomic E-state index is 4.16. The van der Waals surface area contributed by atoms with Crippen LogP contribution in [0.5, 0.6) is 0 Å². The third-order valence-electron chi connectivity index (χ3n) is 2.11. The molecule has 0 amide bonds. The van der Waals surface area contributed by atoms with Crippen LogP contribution in [0.1, 0.15) is 24.9 Å². The van der Waals surface area contributed by atoms with Crippen molar-refractivity contribution in [2.75, 3.05) is 0 Å². The van der Waals surface area contributed by atoms with Gasteiger partial charge in [-0.15, -0.1) is 0 Å². The first-order valence-electron chi connectivity index (χ1n) is 4.20.